The van der Waals surface area contributed by atoms with Crippen LogP contribution in [0.2, 0.25) is 0 Å². The van der Waals surface area contributed by atoms with Gasteiger partial charge in [0, 0.05) is 25.5 Å². The van der Waals surface area contributed by atoms with Crippen LogP contribution in [0.1, 0.15) is 19.8 Å². The quantitative estimate of drug-likeness (QED) is 0.627. The lowest BCUT2D eigenvalue weighted by atomic mass is 10.00. The van der Waals surface area contributed by atoms with Crippen molar-refractivity contribution >= 4 is 12.9 Å². The minimum absolute atomic E-state index is 0.814. The van der Waals surface area contributed by atoms with Crippen LogP contribution in [-0.4, -0.2) is 37.6 Å². The molecule has 0 aromatic heterocycles. The molecule has 0 radical (unpaired) electrons. The molecule has 0 atom stereocenters. The molecule has 1 heterocycles. The van der Waals surface area contributed by atoms with Crippen molar-refractivity contribution in [1.29, 1.82) is 0 Å². The van der Waals surface area contributed by atoms with E-state index in [1.54, 1.807) is 18.5 Å². The Balaban J connectivity index is 2.15. The molecule has 14 heavy (non-hydrogen) atoms. The summed E-state index contributed by atoms with van der Waals surface area (Å²) in [7, 11) is 0. The highest BCUT2D eigenvalue weighted by Gasteiger charge is 2.13. The van der Waals surface area contributed by atoms with Gasteiger partial charge in [0.2, 0.25) is 0 Å². The molecule has 1 saturated heterocycles. The molecule has 1 fully saturated rings. The highest BCUT2D eigenvalue weighted by Crippen LogP contribution is 2.15. The smallest absolute Gasteiger partial charge is 0.0909 e. The number of rotatable bonds is 4. The summed E-state index contributed by atoms with van der Waals surface area (Å²) >= 11 is 0. The van der Waals surface area contributed by atoms with E-state index in [1.807, 2.05) is 0 Å². The first kappa shape index (κ1) is 11.1. The van der Waals surface area contributed by atoms with E-state index in [0.717, 1.165) is 12.6 Å². The molecule has 0 unspecified atom stereocenters. The van der Waals surface area contributed by atoms with Crippen molar-refractivity contribution < 1.29 is 0 Å². The van der Waals surface area contributed by atoms with Gasteiger partial charge in [-0.05, 0) is 31.6 Å². The van der Waals surface area contributed by atoms with Crippen molar-refractivity contribution in [2.45, 2.75) is 19.8 Å². The molecule has 1 aliphatic heterocycles. The van der Waals surface area contributed by atoms with Crippen molar-refractivity contribution in [3.05, 3.63) is 12.3 Å². The maximum absolute atomic E-state index is 4.28. The zero-order valence-corrected chi connectivity index (χ0v) is 8.89. The van der Waals surface area contributed by atoms with Crippen LogP contribution in [0.4, 0.5) is 0 Å². The highest BCUT2D eigenvalue weighted by atomic mass is 15.2. The lowest BCUT2D eigenvalue weighted by Crippen LogP contribution is -2.32. The molecule has 0 amide bonds. The van der Waals surface area contributed by atoms with Crippen LogP contribution in [0.5, 0.6) is 0 Å². The molecule has 1 aliphatic rings. The molecule has 3 nitrogen and oxygen atoms in total. The van der Waals surface area contributed by atoms with Gasteiger partial charge in [-0.3, -0.25) is 14.9 Å². The first-order chi connectivity index (χ1) is 6.83. The largest absolute Gasteiger partial charge is 0.284 e. The molecule has 1 rings (SSSR count). The molecule has 0 aromatic rings. The average molecular weight is 193 g/mol. The summed E-state index contributed by atoms with van der Waals surface area (Å²) in [6.07, 6.45) is 7.84. The third-order valence-corrected chi connectivity index (χ3v) is 2.54. The van der Waals surface area contributed by atoms with Crippen molar-refractivity contribution in [3.63, 3.8) is 0 Å². The van der Waals surface area contributed by atoms with Crippen LogP contribution in [0, 0.1) is 5.92 Å². The molecule has 0 spiro atoms. The number of hydrogen-bond acceptors (Lipinski definition) is 3. The van der Waals surface area contributed by atoms with Crippen molar-refractivity contribution in [1.82, 2.24) is 4.90 Å². The van der Waals surface area contributed by atoms with Crippen LogP contribution in [0.15, 0.2) is 22.3 Å². The van der Waals surface area contributed by atoms with Crippen LogP contribution in [0.3, 0.4) is 0 Å². The van der Waals surface area contributed by atoms with E-state index in [1.165, 1.54) is 25.9 Å². The SMILES string of the molecule is C=N/C=C\C=N/CN1CCC(C)CC1. The van der Waals surface area contributed by atoms with E-state index in [2.05, 4.69) is 28.5 Å². The summed E-state index contributed by atoms with van der Waals surface area (Å²) in [5.74, 6) is 0.889. The summed E-state index contributed by atoms with van der Waals surface area (Å²) in [5, 5.41) is 0. The van der Waals surface area contributed by atoms with E-state index in [9.17, 15) is 0 Å². The number of allylic oxidation sites excluding steroid dienone is 1. The van der Waals surface area contributed by atoms with Gasteiger partial charge in [-0.15, -0.1) is 0 Å². The molecule has 3 heteroatoms. The van der Waals surface area contributed by atoms with E-state index in [0.29, 0.717) is 0 Å². The Hall–Kier alpha value is -0.960. The first-order valence-corrected chi connectivity index (χ1v) is 5.16. The Morgan fingerprint density at radius 3 is 2.79 bits per heavy atom. The fourth-order valence-corrected chi connectivity index (χ4v) is 1.53. The number of aliphatic imine (C=N–C) groups is 2. The Kier molecular flexibility index (Phi) is 5.15. The molecule has 0 saturated carbocycles. The second-order valence-electron chi connectivity index (χ2n) is 3.80. The van der Waals surface area contributed by atoms with Crippen LogP contribution >= 0.6 is 0 Å². The van der Waals surface area contributed by atoms with Gasteiger partial charge < -0.3 is 0 Å². The van der Waals surface area contributed by atoms with Crippen LogP contribution < -0.4 is 0 Å². The Morgan fingerprint density at radius 1 is 1.43 bits per heavy atom. The van der Waals surface area contributed by atoms with Crippen molar-refractivity contribution in [3.8, 4) is 0 Å². The lowest BCUT2D eigenvalue weighted by molar-refractivity contribution is 0.198. The number of hydrogen-bond donors (Lipinski definition) is 0. The fraction of sp³-hybridized carbons (Fsp3) is 0.636. The minimum atomic E-state index is 0.814. The van der Waals surface area contributed by atoms with Gasteiger partial charge in [-0.25, -0.2) is 0 Å². The second-order valence-corrected chi connectivity index (χ2v) is 3.80. The minimum Gasteiger partial charge on any atom is -0.284 e. The monoisotopic (exact) mass is 193 g/mol. The Bertz CT molecular complexity index is 213. The van der Waals surface area contributed by atoms with Gasteiger partial charge in [-0.2, -0.15) is 0 Å². The first-order valence-electron chi connectivity index (χ1n) is 5.16. The van der Waals surface area contributed by atoms with Crippen LogP contribution in [-0.2, 0) is 0 Å². The summed E-state index contributed by atoms with van der Waals surface area (Å²) in [6.45, 7) is 8.84. The van der Waals surface area contributed by atoms with Gasteiger partial charge in [0.05, 0.1) is 6.67 Å². The molecular formula is C11H19N3. The number of piperidine rings is 1. The van der Waals surface area contributed by atoms with Gasteiger partial charge in [0.1, 0.15) is 0 Å². The normalized spacial score (nSPS) is 20.9. The molecule has 0 aromatic carbocycles. The molecule has 0 N–H and O–H groups in total. The van der Waals surface area contributed by atoms with Crippen molar-refractivity contribution in [2.75, 3.05) is 19.8 Å². The van der Waals surface area contributed by atoms with Crippen molar-refractivity contribution in [2.24, 2.45) is 15.9 Å². The zero-order valence-electron chi connectivity index (χ0n) is 8.89. The van der Waals surface area contributed by atoms with E-state index >= 15 is 0 Å². The van der Waals surface area contributed by atoms with Gasteiger partial charge in [0.15, 0.2) is 0 Å². The topological polar surface area (TPSA) is 28.0 Å². The lowest BCUT2D eigenvalue weighted by Gasteiger charge is -2.28. The van der Waals surface area contributed by atoms with Gasteiger partial charge in [-0.1, -0.05) is 6.92 Å². The average Bonchev–Trinajstić information content (AvgIpc) is 2.21. The molecule has 78 valence electrons. The van der Waals surface area contributed by atoms with Crippen LogP contribution in [0.25, 0.3) is 0 Å². The zero-order chi connectivity index (χ0) is 10.2. The molecular weight excluding hydrogens is 174 g/mol. The second kappa shape index (κ2) is 6.49. The summed E-state index contributed by atoms with van der Waals surface area (Å²) < 4.78 is 0. The highest BCUT2D eigenvalue weighted by molar-refractivity contribution is 5.70. The maximum Gasteiger partial charge on any atom is 0.0909 e. The third kappa shape index (κ3) is 4.33. The van der Waals surface area contributed by atoms with Gasteiger partial charge in [0.25, 0.3) is 0 Å². The summed E-state index contributed by atoms with van der Waals surface area (Å²) in [6, 6.07) is 0. The Morgan fingerprint density at radius 2 is 2.14 bits per heavy atom. The fourth-order valence-electron chi connectivity index (χ4n) is 1.53. The standard InChI is InChI=1S/C11H19N3/c1-11-4-8-14(9-5-11)10-13-7-3-6-12-2/h3,6-7,11H,2,4-5,8-10H2,1H3/b6-3-,13-7-. The summed E-state index contributed by atoms with van der Waals surface area (Å²) in [5.41, 5.74) is 0. The Labute approximate surface area is 86.2 Å². The number of nitrogens with zero attached hydrogens (tertiary/aromatic N) is 3. The maximum atomic E-state index is 4.28. The van der Waals surface area contributed by atoms with E-state index in [4.69, 9.17) is 0 Å². The predicted octanol–water partition coefficient (Wildman–Crippen LogP) is 1.96. The van der Waals surface area contributed by atoms with Gasteiger partial charge >= 0.3 is 0 Å². The number of likely N-dealkylation sites (tertiary alicyclic amines) is 1. The van der Waals surface area contributed by atoms with E-state index in [-0.39, 0.29) is 0 Å². The third-order valence-electron chi connectivity index (χ3n) is 2.54. The molecule has 0 aliphatic carbocycles. The van der Waals surface area contributed by atoms with E-state index < -0.39 is 0 Å². The predicted molar refractivity (Wildman–Crippen MR) is 62.0 cm³/mol. The summed E-state index contributed by atoms with van der Waals surface area (Å²) in [4.78, 5) is 10.3. The molecule has 0 bridgehead atoms.